The molecule has 4 heteroatoms. The molecule has 0 aromatic carbocycles. The lowest BCUT2D eigenvalue weighted by atomic mass is 10.3. The molecule has 11 heavy (non-hydrogen) atoms. The predicted molar refractivity (Wildman–Crippen MR) is 39.6 cm³/mol. The number of pyridine rings is 1. The normalized spacial score (nSPS) is 9.45. The Balaban J connectivity index is 3.44. The molecule has 0 radical (unpaired) electrons. The number of rotatable bonds is 1. The molecule has 1 aromatic heterocycles. The molecule has 4 nitrogen and oxygen atoms in total. The van der Waals surface area contributed by atoms with Gasteiger partial charge in [-0.25, -0.2) is 0 Å². The lowest BCUT2D eigenvalue weighted by Gasteiger charge is -2.00. The molecule has 0 amide bonds. The van der Waals surface area contributed by atoms with Gasteiger partial charge in [0.2, 0.25) is 5.43 Å². The highest BCUT2D eigenvalue weighted by Crippen LogP contribution is 2.02. The summed E-state index contributed by atoms with van der Waals surface area (Å²) in [6.07, 6.45) is 2.22. The van der Waals surface area contributed by atoms with Crippen LogP contribution in [0.4, 0.5) is 0 Å². The zero-order chi connectivity index (χ0) is 8.43. The van der Waals surface area contributed by atoms with Crippen molar-refractivity contribution in [3.63, 3.8) is 0 Å². The van der Waals surface area contributed by atoms with Gasteiger partial charge in [0.05, 0.1) is 11.9 Å². The third-order valence-corrected chi connectivity index (χ3v) is 1.25. The fraction of sp³-hybridized carbons (Fsp3) is 0. The van der Waals surface area contributed by atoms with E-state index in [9.17, 15) is 4.79 Å². The van der Waals surface area contributed by atoms with Gasteiger partial charge in [0, 0.05) is 6.07 Å². The molecule has 0 unspecified atom stereocenters. The van der Waals surface area contributed by atoms with Gasteiger partial charge in [0.25, 0.3) is 0 Å². The highest BCUT2D eigenvalue weighted by Gasteiger charge is 2.00. The first-order valence-corrected chi connectivity index (χ1v) is 2.92. The van der Waals surface area contributed by atoms with Crippen molar-refractivity contribution in [3.05, 3.63) is 34.8 Å². The molecule has 2 N–H and O–H groups in total. The Kier molecular flexibility index (Phi) is 1.68. The van der Waals surface area contributed by atoms with Crippen molar-refractivity contribution in [3.8, 4) is 5.75 Å². The van der Waals surface area contributed by atoms with E-state index in [-0.39, 0.29) is 5.69 Å². The Morgan fingerprint density at radius 3 is 2.82 bits per heavy atom. The van der Waals surface area contributed by atoms with Crippen molar-refractivity contribution in [1.82, 2.24) is 4.73 Å². The molecule has 0 bridgehead atoms. The van der Waals surface area contributed by atoms with E-state index >= 15 is 0 Å². The largest absolute Gasteiger partial charge is 0.503 e. The van der Waals surface area contributed by atoms with Crippen molar-refractivity contribution < 1.29 is 10.3 Å². The summed E-state index contributed by atoms with van der Waals surface area (Å²) in [5, 5.41) is 17.8. The summed E-state index contributed by atoms with van der Waals surface area (Å²) in [5.41, 5.74) is -0.294. The summed E-state index contributed by atoms with van der Waals surface area (Å²) in [6, 6.07) is 1.09. The number of hydrogen-bond acceptors (Lipinski definition) is 3. The average molecular weight is 153 g/mol. The van der Waals surface area contributed by atoms with Crippen LogP contribution < -0.4 is 5.43 Å². The van der Waals surface area contributed by atoms with Crippen LogP contribution in [0.3, 0.4) is 0 Å². The van der Waals surface area contributed by atoms with Crippen molar-refractivity contribution >= 4 is 6.08 Å². The Morgan fingerprint density at radius 2 is 2.27 bits per heavy atom. The monoisotopic (exact) mass is 153 g/mol. The Morgan fingerprint density at radius 1 is 1.64 bits per heavy atom. The minimum absolute atomic E-state index is 0.243. The fourth-order valence-corrected chi connectivity index (χ4v) is 0.681. The second-order valence-electron chi connectivity index (χ2n) is 2.00. The Hall–Kier alpha value is -1.71. The highest BCUT2D eigenvalue weighted by molar-refractivity contribution is 5.42. The van der Waals surface area contributed by atoms with Crippen molar-refractivity contribution in [2.45, 2.75) is 0 Å². The minimum Gasteiger partial charge on any atom is -0.503 e. The molecule has 1 aromatic rings. The first-order valence-electron chi connectivity index (χ1n) is 2.92. The SMILES string of the molecule is C=Cc1cc(=O)c(O)cn1O. The molecule has 1 heterocycles. The van der Waals surface area contributed by atoms with Gasteiger partial charge in [-0.2, -0.15) is 4.73 Å². The predicted octanol–water partition coefficient (Wildman–Crippen LogP) is 0.434. The van der Waals surface area contributed by atoms with Crippen LogP contribution in [0.1, 0.15) is 5.69 Å². The first-order chi connectivity index (χ1) is 5.15. The topological polar surface area (TPSA) is 62.5 Å². The number of nitrogens with zero attached hydrogens (tertiary/aromatic N) is 1. The standard InChI is InChI=1S/C7H7NO3/c1-2-5-3-6(9)7(10)4-8(5)11/h2-4,10-11H,1H2. The van der Waals surface area contributed by atoms with E-state index in [2.05, 4.69) is 6.58 Å². The van der Waals surface area contributed by atoms with E-state index in [0.717, 1.165) is 12.3 Å². The summed E-state index contributed by atoms with van der Waals surface area (Å²) in [4.78, 5) is 10.7. The zero-order valence-corrected chi connectivity index (χ0v) is 5.69. The molecular weight excluding hydrogens is 146 g/mol. The highest BCUT2D eigenvalue weighted by atomic mass is 16.5. The second-order valence-corrected chi connectivity index (χ2v) is 2.00. The van der Waals surface area contributed by atoms with Gasteiger partial charge in [-0.1, -0.05) is 6.58 Å². The molecule has 0 aliphatic heterocycles. The molecule has 0 spiro atoms. The molecule has 0 atom stereocenters. The van der Waals surface area contributed by atoms with E-state index in [1.54, 1.807) is 0 Å². The van der Waals surface area contributed by atoms with Crippen LogP contribution in [0, 0.1) is 0 Å². The van der Waals surface area contributed by atoms with Gasteiger partial charge in [-0.05, 0) is 6.08 Å². The lowest BCUT2D eigenvalue weighted by Crippen LogP contribution is -2.06. The second kappa shape index (κ2) is 2.49. The van der Waals surface area contributed by atoms with E-state index in [1.165, 1.54) is 6.08 Å². The maximum absolute atomic E-state index is 10.7. The van der Waals surface area contributed by atoms with Gasteiger partial charge in [-0.3, -0.25) is 4.79 Å². The van der Waals surface area contributed by atoms with Gasteiger partial charge in [0.1, 0.15) is 0 Å². The van der Waals surface area contributed by atoms with Crippen LogP contribution in [0.25, 0.3) is 6.08 Å². The van der Waals surface area contributed by atoms with Gasteiger partial charge >= 0.3 is 0 Å². The summed E-state index contributed by atoms with van der Waals surface area (Å²) >= 11 is 0. The number of aromatic nitrogens is 1. The summed E-state index contributed by atoms with van der Waals surface area (Å²) in [5.74, 6) is -0.488. The molecule has 58 valence electrons. The molecule has 0 saturated carbocycles. The van der Waals surface area contributed by atoms with E-state index in [0.29, 0.717) is 4.73 Å². The van der Waals surface area contributed by atoms with Crippen LogP contribution in [0.2, 0.25) is 0 Å². The maximum Gasteiger partial charge on any atom is 0.224 e. The Bertz CT molecular complexity index is 340. The Labute approximate surface area is 62.6 Å². The van der Waals surface area contributed by atoms with Crippen LogP contribution in [0.15, 0.2) is 23.6 Å². The first kappa shape index (κ1) is 7.40. The van der Waals surface area contributed by atoms with E-state index in [1.807, 2.05) is 0 Å². The zero-order valence-electron chi connectivity index (χ0n) is 5.69. The quantitative estimate of drug-likeness (QED) is 0.575. The minimum atomic E-state index is -0.537. The molecule has 0 saturated heterocycles. The van der Waals surface area contributed by atoms with Crippen LogP contribution in [-0.4, -0.2) is 15.0 Å². The average Bonchev–Trinajstić information content (AvgIpc) is 1.97. The maximum atomic E-state index is 10.7. The van der Waals surface area contributed by atoms with Gasteiger partial charge < -0.3 is 10.3 Å². The molecule has 1 rings (SSSR count). The summed E-state index contributed by atoms with van der Waals surface area (Å²) in [7, 11) is 0. The van der Waals surface area contributed by atoms with Gasteiger partial charge in [-0.15, -0.1) is 0 Å². The smallest absolute Gasteiger partial charge is 0.224 e. The van der Waals surface area contributed by atoms with Crippen LogP contribution in [0.5, 0.6) is 5.75 Å². The molecule has 0 aliphatic rings. The number of hydrogen-bond donors (Lipinski definition) is 2. The van der Waals surface area contributed by atoms with Crippen molar-refractivity contribution in [2.24, 2.45) is 0 Å². The number of aromatic hydroxyl groups is 1. The van der Waals surface area contributed by atoms with Crippen molar-refractivity contribution in [2.75, 3.05) is 0 Å². The van der Waals surface area contributed by atoms with Gasteiger partial charge in [0.15, 0.2) is 5.75 Å². The van der Waals surface area contributed by atoms with Crippen LogP contribution >= 0.6 is 0 Å². The fourth-order valence-electron chi connectivity index (χ4n) is 0.681. The van der Waals surface area contributed by atoms with E-state index < -0.39 is 11.2 Å². The molecular formula is C7H7NO3. The molecule has 0 fully saturated rings. The molecule has 0 aliphatic carbocycles. The summed E-state index contributed by atoms with van der Waals surface area (Å²) < 4.78 is 0.629. The van der Waals surface area contributed by atoms with Crippen LogP contribution in [-0.2, 0) is 0 Å². The lowest BCUT2D eigenvalue weighted by molar-refractivity contribution is 0.179. The van der Waals surface area contributed by atoms with Crippen molar-refractivity contribution in [1.29, 1.82) is 0 Å². The van der Waals surface area contributed by atoms with E-state index in [4.69, 9.17) is 10.3 Å². The third kappa shape index (κ3) is 1.24. The third-order valence-electron chi connectivity index (χ3n) is 1.25. The summed E-state index contributed by atoms with van der Waals surface area (Å²) in [6.45, 7) is 3.36.